The second-order valence-corrected chi connectivity index (χ2v) is 6.92. The highest BCUT2D eigenvalue weighted by Crippen LogP contribution is 2.28. The Bertz CT molecular complexity index is 957. The van der Waals surface area contributed by atoms with Crippen molar-refractivity contribution >= 4 is 11.0 Å². The third-order valence-electron chi connectivity index (χ3n) is 4.95. The normalized spacial score (nSPS) is 11.0. The van der Waals surface area contributed by atoms with E-state index in [1.165, 1.54) is 22.2 Å². The van der Waals surface area contributed by atoms with Crippen molar-refractivity contribution in [2.75, 3.05) is 13.7 Å². The van der Waals surface area contributed by atoms with Crippen molar-refractivity contribution in [2.24, 2.45) is 0 Å². The molecule has 0 aliphatic heterocycles. The quantitative estimate of drug-likeness (QED) is 0.409. The number of nitrogens with zero attached hydrogens (tertiary/aromatic N) is 2. The highest BCUT2D eigenvalue weighted by Gasteiger charge is 2.10. The molecule has 4 heteroatoms. The minimum absolute atomic E-state index is 0.626. The van der Waals surface area contributed by atoms with Crippen LogP contribution in [0, 0.1) is 20.8 Å². The van der Waals surface area contributed by atoms with Crippen molar-refractivity contribution in [3.05, 3.63) is 65.5 Å². The van der Waals surface area contributed by atoms with Crippen LogP contribution < -0.4 is 9.47 Å². The van der Waals surface area contributed by atoms with Crippen LogP contribution in [0.2, 0.25) is 0 Å². The third-order valence-corrected chi connectivity index (χ3v) is 4.95. The SMILES string of the molecule is C=CCc1ccc(OCCCn2c(C)nc3cc(C)c(C)cc32)c(OC)c1. The molecule has 2 aromatic carbocycles. The van der Waals surface area contributed by atoms with Gasteiger partial charge in [0.2, 0.25) is 0 Å². The van der Waals surface area contributed by atoms with E-state index in [1.54, 1.807) is 7.11 Å². The van der Waals surface area contributed by atoms with E-state index in [1.807, 2.05) is 18.2 Å². The molecule has 0 aliphatic carbocycles. The summed E-state index contributed by atoms with van der Waals surface area (Å²) in [6.45, 7) is 11.6. The summed E-state index contributed by atoms with van der Waals surface area (Å²) in [6.07, 6.45) is 3.61. The maximum absolute atomic E-state index is 5.97. The number of methoxy groups -OCH3 is 1. The van der Waals surface area contributed by atoms with Crippen molar-refractivity contribution < 1.29 is 9.47 Å². The van der Waals surface area contributed by atoms with Crippen molar-refractivity contribution in [3.8, 4) is 11.5 Å². The van der Waals surface area contributed by atoms with Gasteiger partial charge in [-0.25, -0.2) is 4.98 Å². The lowest BCUT2D eigenvalue weighted by Gasteiger charge is -2.13. The average molecular weight is 364 g/mol. The zero-order valence-electron chi connectivity index (χ0n) is 16.7. The molecule has 0 bridgehead atoms. The van der Waals surface area contributed by atoms with E-state index in [4.69, 9.17) is 14.5 Å². The first-order valence-electron chi connectivity index (χ1n) is 9.38. The van der Waals surface area contributed by atoms with Gasteiger partial charge in [-0.15, -0.1) is 6.58 Å². The molecule has 0 aliphatic rings. The number of rotatable bonds is 8. The van der Waals surface area contributed by atoms with E-state index in [9.17, 15) is 0 Å². The van der Waals surface area contributed by atoms with E-state index in [-0.39, 0.29) is 0 Å². The van der Waals surface area contributed by atoms with Crippen LogP contribution in [0.3, 0.4) is 0 Å². The molecule has 1 heterocycles. The molecule has 0 saturated carbocycles. The van der Waals surface area contributed by atoms with Crippen LogP contribution in [0.5, 0.6) is 11.5 Å². The Hall–Kier alpha value is -2.75. The molecule has 27 heavy (non-hydrogen) atoms. The Balaban J connectivity index is 1.65. The van der Waals surface area contributed by atoms with Gasteiger partial charge in [-0.05, 0) is 74.6 Å². The highest BCUT2D eigenvalue weighted by atomic mass is 16.5. The molecule has 3 rings (SSSR count). The van der Waals surface area contributed by atoms with Crippen LogP contribution in [-0.2, 0) is 13.0 Å². The maximum atomic E-state index is 5.97. The number of ether oxygens (including phenoxy) is 2. The molecule has 142 valence electrons. The van der Waals surface area contributed by atoms with Crippen LogP contribution >= 0.6 is 0 Å². The molecule has 0 radical (unpaired) electrons. The number of hydrogen-bond donors (Lipinski definition) is 0. The van der Waals surface area contributed by atoms with Gasteiger partial charge >= 0.3 is 0 Å². The highest BCUT2D eigenvalue weighted by molar-refractivity contribution is 5.78. The van der Waals surface area contributed by atoms with Gasteiger partial charge in [-0.1, -0.05) is 12.1 Å². The fraction of sp³-hybridized carbons (Fsp3) is 0.348. The summed E-state index contributed by atoms with van der Waals surface area (Å²) in [5, 5.41) is 0. The first-order valence-corrected chi connectivity index (χ1v) is 9.38. The van der Waals surface area contributed by atoms with Gasteiger partial charge in [0.15, 0.2) is 11.5 Å². The molecule has 0 N–H and O–H groups in total. The van der Waals surface area contributed by atoms with E-state index >= 15 is 0 Å². The summed E-state index contributed by atoms with van der Waals surface area (Å²) in [6, 6.07) is 10.4. The van der Waals surface area contributed by atoms with Gasteiger partial charge in [0, 0.05) is 6.54 Å². The molecular weight excluding hydrogens is 336 g/mol. The zero-order valence-corrected chi connectivity index (χ0v) is 16.7. The first kappa shape index (κ1) is 19.0. The summed E-state index contributed by atoms with van der Waals surface area (Å²) >= 11 is 0. The molecule has 0 amide bonds. The van der Waals surface area contributed by atoms with Gasteiger partial charge in [0.25, 0.3) is 0 Å². The van der Waals surface area contributed by atoms with E-state index < -0.39 is 0 Å². The van der Waals surface area contributed by atoms with Gasteiger partial charge < -0.3 is 14.0 Å². The molecule has 0 fully saturated rings. The van der Waals surface area contributed by atoms with E-state index in [2.05, 4.69) is 50.1 Å². The molecule has 0 saturated heterocycles. The predicted octanol–water partition coefficient (Wildman–Crippen LogP) is 5.17. The van der Waals surface area contributed by atoms with Crippen molar-refractivity contribution in [2.45, 2.75) is 40.2 Å². The van der Waals surface area contributed by atoms with Crippen molar-refractivity contribution in [1.29, 1.82) is 0 Å². The number of aryl methyl sites for hydroxylation is 4. The minimum atomic E-state index is 0.626. The van der Waals surface area contributed by atoms with Crippen LogP contribution in [0.1, 0.15) is 28.9 Å². The lowest BCUT2D eigenvalue weighted by Crippen LogP contribution is -2.06. The fourth-order valence-corrected chi connectivity index (χ4v) is 3.31. The van der Waals surface area contributed by atoms with Crippen LogP contribution in [0.25, 0.3) is 11.0 Å². The largest absolute Gasteiger partial charge is 0.493 e. The number of aromatic nitrogens is 2. The molecule has 4 nitrogen and oxygen atoms in total. The Morgan fingerprint density at radius 3 is 2.59 bits per heavy atom. The Kier molecular flexibility index (Phi) is 5.84. The van der Waals surface area contributed by atoms with Crippen LogP contribution in [0.4, 0.5) is 0 Å². The molecule has 3 aromatic rings. The van der Waals surface area contributed by atoms with Crippen molar-refractivity contribution in [3.63, 3.8) is 0 Å². The van der Waals surface area contributed by atoms with Gasteiger partial charge in [0.05, 0.1) is 24.8 Å². The Morgan fingerprint density at radius 2 is 1.85 bits per heavy atom. The summed E-state index contributed by atoms with van der Waals surface area (Å²) in [5.41, 5.74) is 6.00. The average Bonchev–Trinajstić information content (AvgIpc) is 2.94. The molecule has 0 unspecified atom stereocenters. The van der Waals surface area contributed by atoms with Gasteiger partial charge in [-0.2, -0.15) is 0 Å². The van der Waals surface area contributed by atoms with Gasteiger partial charge in [-0.3, -0.25) is 0 Å². The second kappa shape index (κ2) is 8.30. The van der Waals surface area contributed by atoms with Crippen molar-refractivity contribution in [1.82, 2.24) is 9.55 Å². The maximum Gasteiger partial charge on any atom is 0.161 e. The fourth-order valence-electron chi connectivity index (χ4n) is 3.31. The summed E-state index contributed by atoms with van der Waals surface area (Å²) in [4.78, 5) is 4.70. The smallest absolute Gasteiger partial charge is 0.161 e. The predicted molar refractivity (Wildman–Crippen MR) is 111 cm³/mol. The molecule has 0 atom stereocenters. The number of fused-ring (bicyclic) bond motifs is 1. The number of imidazole rings is 1. The second-order valence-electron chi connectivity index (χ2n) is 6.92. The first-order chi connectivity index (χ1) is 13.0. The molecule has 1 aromatic heterocycles. The lowest BCUT2D eigenvalue weighted by atomic mass is 10.1. The van der Waals surface area contributed by atoms with E-state index in [0.717, 1.165) is 42.2 Å². The van der Waals surface area contributed by atoms with E-state index in [0.29, 0.717) is 6.61 Å². The molecule has 0 spiro atoms. The number of hydrogen-bond acceptors (Lipinski definition) is 3. The topological polar surface area (TPSA) is 36.3 Å². The molecular formula is C23H28N2O2. The van der Waals surface area contributed by atoms with Crippen LogP contribution in [-0.4, -0.2) is 23.3 Å². The monoisotopic (exact) mass is 364 g/mol. The zero-order chi connectivity index (χ0) is 19.4. The van der Waals surface area contributed by atoms with Gasteiger partial charge in [0.1, 0.15) is 5.82 Å². The standard InChI is InChI=1S/C23H28N2O2/c1-6-8-19-9-10-22(23(15-19)26-5)27-12-7-11-25-18(4)24-20-13-16(2)17(3)14-21(20)25/h6,9-10,13-15H,1,7-8,11-12H2,2-5H3. The third kappa shape index (κ3) is 4.16. The minimum Gasteiger partial charge on any atom is -0.493 e. The summed E-state index contributed by atoms with van der Waals surface area (Å²) in [5.74, 6) is 2.59. The lowest BCUT2D eigenvalue weighted by molar-refractivity contribution is 0.282. The number of benzene rings is 2. The summed E-state index contributed by atoms with van der Waals surface area (Å²) in [7, 11) is 1.67. The Labute approximate surface area is 161 Å². The van der Waals surface area contributed by atoms with Crippen LogP contribution in [0.15, 0.2) is 43.0 Å². The Morgan fingerprint density at radius 1 is 1.07 bits per heavy atom. The summed E-state index contributed by atoms with van der Waals surface area (Å²) < 4.78 is 13.7. The number of allylic oxidation sites excluding steroid dienone is 1.